The number of aromatic nitrogens is 3. The first-order valence-electron chi connectivity index (χ1n) is 10.6. The van der Waals surface area contributed by atoms with Gasteiger partial charge in [0.2, 0.25) is 5.91 Å². The number of carbonyl (C=O) groups is 2. The Morgan fingerprint density at radius 2 is 1.88 bits per heavy atom. The summed E-state index contributed by atoms with van der Waals surface area (Å²) in [5.41, 5.74) is 1.68. The molecule has 1 heterocycles. The minimum Gasteiger partial charge on any atom is -0.481 e. The second-order valence-electron chi connectivity index (χ2n) is 7.39. The molecule has 0 radical (unpaired) electrons. The highest BCUT2D eigenvalue weighted by Gasteiger charge is 2.17. The number of aryl methyl sites for hydroxylation is 1. The van der Waals surface area contributed by atoms with Gasteiger partial charge in [0.05, 0.1) is 23.0 Å². The first-order valence-corrected chi connectivity index (χ1v) is 12.3. The molecule has 2 amide bonds. The van der Waals surface area contributed by atoms with Gasteiger partial charge in [-0.1, -0.05) is 54.0 Å². The van der Waals surface area contributed by atoms with Crippen molar-refractivity contribution in [2.45, 2.75) is 38.1 Å². The number of ether oxygens (including phenoxy) is 1. The highest BCUT2D eigenvalue weighted by atomic mass is 35.5. The van der Waals surface area contributed by atoms with E-state index in [1.165, 1.54) is 17.3 Å². The number of carbonyl (C=O) groups excluding carboxylic acids is 2. The maximum absolute atomic E-state index is 12.4. The molecular formula is C23H25Cl2N5O3S. The highest BCUT2D eigenvalue weighted by Crippen LogP contribution is 2.26. The van der Waals surface area contributed by atoms with Crippen molar-refractivity contribution in [1.82, 2.24) is 20.1 Å². The average Bonchev–Trinajstić information content (AvgIpc) is 3.17. The summed E-state index contributed by atoms with van der Waals surface area (Å²) in [5, 5.41) is 15.1. The molecule has 34 heavy (non-hydrogen) atoms. The second kappa shape index (κ2) is 12.1. The number of rotatable bonds is 10. The van der Waals surface area contributed by atoms with Gasteiger partial charge in [-0.15, -0.1) is 10.2 Å². The number of nitrogens with zero attached hydrogens (tertiary/aromatic N) is 3. The molecule has 0 saturated carbocycles. The monoisotopic (exact) mass is 521 g/mol. The third-order valence-electron chi connectivity index (χ3n) is 4.90. The van der Waals surface area contributed by atoms with Crippen LogP contribution in [0, 0.1) is 0 Å². The van der Waals surface area contributed by atoms with Crippen LogP contribution in [0.3, 0.4) is 0 Å². The number of amides is 2. The number of benzene rings is 2. The van der Waals surface area contributed by atoms with Gasteiger partial charge in [-0.25, -0.2) is 0 Å². The van der Waals surface area contributed by atoms with E-state index in [1.807, 2.05) is 24.3 Å². The van der Waals surface area contributed by atoms with E-state index in [1.54, 1.807) is 36.7 Å². The minimum absolute atomic E-state index is 0.110. The zero-order valence-corrected chi connectivity index (χ0v) is 21.3. The summed E-state index contributed by atoms with van der Waals surface area (Å²) in [7, 11) is 1.77. The maximum Gasteiger partial charge on any atom is 0.261 e. The molecule has 1 aromatic heterocycles. The fourth-order valence-electron chi connectivity index (χ4n) is 2.90. The zero-order chi connectivity index (χ0) is 24.7. The standard InChI is InChI=1S/C23H25Cl2N5O3S/c1-4-15-5-8-17(9-6-15)33-14(2)22(32)26-12-20-28-29-23(30(20)3)34-13-21(31)27-19-10-7-16(24)11-18(19)25/h5-11,14H,4,12-13H2,1-3H3,(H,26,32)(H,27,31)/t14-/m0/s1. The lowest BCUT2D eigenvalue weighted by Gasteiger charge is -2.15. The van der Waals surface area contributed by atoms with Crippen molar-refractivity contribution in [3.63, 3.8) is 0 Å². The Kier molecular flexibility index (Phi) is 9.20. The normalized spacial score (nSPS) is 11.7. The summed E-state index contributed by atoms with van der Waals surface area (Å²) in [6.45, 7) is 3.94. The Morgan fingerprint density at radius 3 is 2.56 bits per heavy atom. The number of hydrogen-bond donors (Lipinski definition) is 2. The van der Waals surface area contributed by atoms with Gasteiger partial charge >= 0.3 is 0 Å². The molecule has 0 aliphatic heterocycles. The summed E-state index contributed by atoms with van der Waals surface area (Å²) >= 11 is 13.2. The van der Waals surface area contributed by atoms with Gasteiger partial charge in [0.1, 0.15) is 5.75 Å². The molecule has 0 fully saturated rings. The SMILES string of the molecule is CCc1ccc(O[C@@H](C)C(=O)NCc2nnc(SCC(=O)Nc3ccc(Cl)cc3Cl)n2C)cc1. The number of hydrogen-bond acceptors (Lipinski definition) is 6. The maximum atomic E-state index is 12.4. The van der Waals surface area contributed by atoms with Crippen LogP contribution in [0.1, 0.15) is 25.2 Å². The molecule has 0 bridgehead atoms. The van der Waals surface area contributed by atoms with Gasteiger partial charge in [0, 0.05) is 12.1 Å². The molecule has 3 rings (SSSR count). The van der Waals surface area contributed by atoms with Crippen LogP contribution in [0.25, 0.3) is 0 Å². The van der Waals surface area contributed by atoms with Gasteiger partial charge in [-0.05, 0) is 49.2 Å². The Bertz CT molecular complexity index is 1150. The summed E-state index contributed by atoms with van der Waals surface area (Å²) in [4.78, 5) is 24.7. The third-order valence-corrected chi connectivity index (χ3v) is 6.47. The topological polar surface area (TPSA) is 98.1 Å². The van der Waals surface area contributed by atoms with Crippen LogP contribution < -0.4 is 15.4 Å². The fraction of sp³-hybridized carbons (Fsp3) is 0.304. The van der Waals surface area contributed by atoms with Crippen LogP contribution in [0.2, 0.25) is 10.0 Å². The van der Waals surface area contributed by atoms with Crippen LogP contribution >= 0.6 is 35.0 Å². The molecule has 2 aromatic carbocycles. The predicted molar refractivity (Wildman–Crippen MR) is 135 cm³/mol. The molecule has 2 N–H and O–H groups in total. The second-order valence-corrected chi connectivity index (χ2v) is 9.18. The van der Waals surface area contributed by atoms with Crippen LogP contribution in [0.5, 0.6) is 5.75 Å². The lowest BCUT2D eigenvalue weighted by atomic mass is 10.2. The van der Waals surface area contributed by atoms with Crippen LogP contribution in [0.4, 0.5) is 5.69 Å². The van der Waals surface area contributed by atoms with Crippen molar-refractivity contribution in [3.8, 4) is 5.75 Å². The Hall–Kier alpha value is -2.75. The van der Waals surface area contributed by atoms with Crippen LogP contribution in [-0.4, -0.2) is 38.4 Å². The third kappa shape index (κ3) is 7.12. The zero-order valence-electron chi connectivity index (χ0n) is 19.0. The van der Waals surface area contributed by atoms with Crippen molar-refractivity contribution in [1.29, 1.82) is 0 Å². The molecule has 11 heteroatoms. The highest BCUT2D eigenvalue weighted by molar-refractivity contribution is 7.99. The lowest BCUT2D eigenvalue weighted by molar-refractivity contribution is -0.127. The van der Waals surface area contributed by atoms with Gasteiger partial charge in [0.25, 0.3) is 5.91 Å². The molecule has 0 spiro atoms. The van der Waals surface area contributed by atoms with Crippen molar-refractivity contribution < 1.29 is 14.3 Å². The molecule has 0 saturated heterocycles. The van der Waals surface area contributed by atoms with E-state index >= 15 is 0 Å². The molecule has 0 aliphatic rings. The van der Waals surface area contributed by atoms with Crippen LogP contribution in [0.15, 0.2) is 47.6 Å². The molecule has 3 aromatic rings. The Morgan fingerprint density at radius 1 is 1.15 bits per heavy atom. The number of thioether (sulfide) groups is 1. The summed E-state index contributed by atoms with van der Waals surface area (Å²) in [5.74, 6) is 0.784. The lowest BCUT2D eigenvalue weighted by Crippen LogP contribution is -2.36. The van der Waals surface area contributed by atoms with Gasteiger partial charge < -0.3 is 19.9 Å². The summed E-state index contributed by atoms with van der Waals surface area (Å²) in [6.07, 6.45) is 0.272. The van der Waals surface area contributed by atoms with E-state index in [0.717, 1.165) is 6.42 Å². The van der Waals surface area contributed by atoms with Crippen molar-refractivity contribution >= 4 is 52.5 Å². The summed E-state index contributed by atoms with van der Waals surface area (Å²) < 4.78 is 7.43. The van der Waals surface area contributed by atoms with Gasteiger partial charge in [-0.3, -0.25) is 9.59 Å². The number of halogens is 2. The molecule has 180 valence electrons. The molecule has 0 aliphatic carbocycles. The quantitative estimate of drug-likeness (QED) is 0.381. The molecule has 1 atom stereocenters. The number of nitrogens with one attached hydrogen (secondary N) is 2. The van der Waals surface area contributed by atoms with Gasteiger partial charge in [0.15, 0.2) is 17.1 Å². The van der Waals surface area contributed by atoms with E-state index < -0.39 is 6.10 Å². The first-order chi connectivity index (χ1) is 16.3. The van der Waals surface area contributed by atoms with Crippen molar-refractivity contribution in [2.24, 2.45) is 7.05 Å². The summed E-state index contributed by atoms with van der Waals surface area (Å²) in [6, 6.07) is 12.5. The fourth-order valence-corrected chi connectivity index (χ4v) is 4.09. The van der Waals surface area contributed by atoms with Crippen molar-refractivity contribution in [2.75, 3.05) is 11.1 Å². The van der Waals surface area contributed by atoms with E-state index in [0.29, 0.717) is 32.5 Å². The van der Waals surface area contributed by atoms with E-state index in [4.69, 9.17) is 27.9 Å². The van der Waals surface area contributed by atoms with Crippen LogP contribution in [-0.2, 0) is 29.6 Å². The molecular weight excluding hydrogens is 497 g/mol. The Labute approximate surface area is 212 Å². The Balaban J connectivity index is 1.47. The van der Waals surface area contributed by atoms with E-state index in [-0.39, 0.29) is 24.1 Å². The molecule has 8 nitrogen and oxygen atoms in total. The van der Waals surface area contributed by atoms with E-state index in [9.17, 15) is 9.59 Å². The van der Waals surface area contributed by atoms with Crippen molar-refractivity contribution in [3.05, 3.63) is 63.9 Å². The first kappa shape index (κ1) is 25.9. The average molecular weight is 522 g/mol. The number of anilines is 1. The minimum atomic E-state index is -0.669. The smallest absolute Gasteiger partial charge is 0.261 e. The van der Waals surface area contributed by atoms with E-state index in [2.05, 4.69) is 27.8 Å². The molecule has 0 unspecified atom stereocenters. The largest absolute Gasteiger partial charge is 0.481 e. The van der Waals surface area contributed by atoms with Gasteiger partial charge in [-0.2, -0.15) is 0 Å². The predicted octanol–water partition coefficient (Wildman–Crippen LogP) is 4.50.